The van der Waals surface area contributed by atoms with Crippen LogP contribution in [-0.2, 0) is 4.74 Å². The SMILES string of the molecule is CN(C)c1nc(NN)nc(NC2(C)CCOC2)n1. The van der Waals surface area contributed by atoms with Crippen LogP contribution in [0.15, 0.2) is 0 Å². The van der Waals surface area contributed by atoms with Crippen LogP contribution in [0, 0.1) is 0 Å². The van der Waals surface area contributed by atoms with Gasteiger partial charge in [0, 0.05) is 20.7 Å². The number of nitrogens with zero attached hydrogens (tertiary/aromatic N) is 4. The number of nitrogens with two attached hydrogens (primary N) is 1. The van der Waals surface area contributed by atoms with Crippen LogP contribution in [0.2, 0.25) is 0 Å². The second-order valence-electron chi connectivity index (χ2n) is 4.81. The third-order valence-corrected chi connectivity index (χ3v) is 2.79. The second kappa shape index (κ2) is 4.91. The minimum atomic E-state index is -0.142. The molecule has 1 atom stereocenters. The second-order valence-corrected chi connectivity index (χ2v) is 4.81. The molecule has 1 aromatic heterocycles. The molecule has 0 saturated carbocycles. The normalized spacial score (nSPS) is 22.9. The Bertz CT molecular complexity index is 417. The molecule has 0 bridgehead atoms. The lowest BCUT2D eigenvalue weighted by Gasteiger charge is -2.24. The lowest BCUT2D eigenvalue weighted by atomic mass is 10.0. The van der Waals surface area contributed by atoms with Gasteiger partial charge in [0.2, 0.25) is 17.8 Å². The number of ether oxygens (including phenoxy) is 1. The van der Waals surface area contributed by atoms with E-state index < -0.39 is 0 Å². The summed E-state index contributed by atoms with van der Waals surface area (Å²) in [7, 11) is 3.72. The van der Waals surface area contributed by atoms with Gasteiger partial charge in [-0.2, -0.15) is 15.0 Å². The molecule has 2 heterocycles. The van der Waals surface area contributed by atoms with Crippen molar-refractivity contribution < 1.29 is 4.74 Å². The molecule has 0 aromatic carbocycles. The van der Waals surface area contributed by atoms with E-state index >= 15 is 0 Å². The summed E-state index contributed by atoms with van der Waals surface area (Å²) in [5.74, 6) is 6.73. The molecule has 0 spiro atoms. The van der Waals surface area contributed by atoms with E-state index in [-0.39, 0.29) is 5.54 Å². The number of hydrazine groups is 1. The van der Waals surface area contributed by atoms with Gasteiger partial charge in [0.05, 0.1) is 12.1 Å². The van der Waals surface area contributed by atoms with Gasteiger partial charge in [0.25, 0.3) is 0 Å². The monoisotopic (exact) mass is 253 g/mol. The van der Waals surface area contributed by atoms with Crippen molar-refractivity contribution >= 4 is 17.8 Å². The van der Waals surface area contributed by atoms with Gasteiger partial charge in [-0.05, 0) is 13.3 Å². The minimum Gasteiger partial charge on any atom is -0.379 e. The van der Waals surface area contributed by atoms with Crippen molar-refractivity contribution in [3.8, 4) is 0 Å². The number of hydrogen-bond donors (Lipinski definition) is 3. The molecule has 1 aliphatic rings. The zero-order valence-electron chi connectivity index (χ0n) is 10.9. The summed E-state index contributed by atoms with van der Waals surface area (Å²) >= 11 is 0. The van der Waals surface area contributed by atoms with Crippen LogP contribution >= 0.6 is 0 Å². The molecule has 1 aromatic rings. The van der Waals surface area contributed by atoms with Crippen LogP contribution in [0.4, 0.5) is 17.8 Å². The average molecular weight is 253 g/mol. The quantitative estimate of drug-likeness (QED) is 0.501. The summed E-state index contributed by atoms with van der Waals surface area (Å²) in [6, 6.07) is 0. The highest BCUT2D eigenvalue weighted by atomic mass is 16.5. The Morgan fingerprint density at radius 3 is 2.56 bits per heavy atom. The molecule has 18 heavy (non-hydrogen) atoms. The van der Waals surface area contributed by atoms with E-state index in [0.717, 1.165) is 13.0 Å². The predicted molar refractivity (Wildman–Crippen MR) is 69.4 cm³/mol. The van der Waals surface area contributed by atoms with Crippen LogP contribution in [0.3, 0.4) is 0 Å². The number of rotatable bonds is 4. The fraction of sp³-hybridized carbons (Fsp3) is 0.700. The Morgan fingerprint density at radius 1 is 1.28 bits per heavy atom. The van der Waals surface area contributed by atoms with Crippen molar-refractivity contribution in [2.75, 3.05) is 43.0 Å². The van der Waals surface area contributed by atoms with Crippen molar-refractivity contribution in [3.05, 3.63) is 0 Å². The fourth-order valence-electron chi connectivity index (χ4n) is 1.72. The van der Waals surface area contributed by atoms with Gasteiger partial charge in [0.1, 0.15) is 0 Å². The smallest absolute Gasteiger partial charge is 0.243 e. The highest BCUT2D eigenvalue weighted by Gasteiger charge is 2.30. The van der Waals surface area contributed by atoms with E-state index in [0.29, 0.717) is 24.5 Å². The Labute approximate surface area is 106 Å². The molecule has 1 saturated heterocycles. The summed E-state index contributed by atoms with van der Waals surface area (Å²) in [5, 5.41) is 3.28. The van der Waals surface area contributed by atoms with E-state index in [4.69, 9.17) is 10.6 Å². The van der Waals surface area contributed by atoms with E-state index in [1.807, 2.05) is 14.1 Å². The zero-order chi connectivity index (χ0) is 13.2. The molecule has 100 valence electrons. The van der Waals surface area contributed by atoms with Gasteiger partial charge in [-0.15, -0.1) is 0 Å². The first kappa shape index (κ1) is 12.8. The molecule has 0 aliphatic carbocycles. The maximum absolute atomic E-state index is 5.38. The molecule has 0 amide bonds. The molecule has 8 heteroatoms. The topological polar surface area (TPSA) is 101 Å². The minimum absolute atomic E-state index is 0.142. The molecular weight excluding hydrogens is 234 g/mol. The summed E-state index contributed by atoms with van der Waals surface area (Å²) in [5.41, 5.74) is 2.30. The zero-order valence-corrected chi connectivity index (χ0v) is 10.9. The van der Waals surface area contributed by atoms with Crippen molar-refractivity contribution in [1.29, 1.82) is 0 Å². The fourth-order valence-corrected chi connectivity index (χ4v) is 1.72. The van der Waals surface area contributed by atoms with Crippen LogP contribution in [0.1, 0.15) is 13.3 Å². The standard InChI is InChI=1S/C10H19N7O/c1-10(4-5-18-6-10)15-7-12-8(16-11)14-9(13-7)17(2)3/h4-6,11H2,1-3H3,(H2,12,13,14,15,16). The first-order valence-electron chi connectivity index (χ1n) is 5.78. The van der Waals surface area contributed by atoms with Crippen LogP contribution < -0.4 is 21.5 Å². The van der Waals surface area contributed by atoms with Crippen molar-refractivity contribution in [2.24, 2.45) is 5.84 Å². The van der Waals surface area contributed by atoms with Gasteiger partial charge in [-0.25, -0.2) is 5.84 Å². The first-order valence-corrected chi connectivity index (χ1v) is 5.78. The number of nitrogens with one attached hydrogen (secondary N) is 2. The molecule has 2 rings (SSSR count). The number of hydrogen-bond acceptors (Lipinski definition) is 8. The average Bonchev–Trinajstić information content (AvgIpc) is 2.75. The van der Waals surface area contributed by atoms with E-state index in [1.54, 1.807) is 4.90 Å². The van der Waals surface area contributed by atoms with E-state index in [1.165, 1.54) is 0 Å². The van der Waals surface area contributed by atoms with E-state index in [2.05, 4.69) is 32.6 Å². The molecule has 1 fully saturated rings. The summed E-state index contributed by atoms with van der Waals surface area (Å²) < 4.78 is 5.38. The predicted octanol–water partition coefficient (Wildman–Crippen LogP) is -0.186. The number of nitrogen functional groups attached to an aromatic ring is 1. The Kier molecular flexibility index (Phi) is 3.48. The maximum Gasteiger partial charge on any atom is 0.243 e. The van der Waals surface area contributed by atoms with Crippen molar-refractivity contribution in [1.82, 2.24) is 15.0 Å². The molecule has 8 nitrogen and oxygen atoms in total. The highest BCUT2D eigenvalue weighted by Crippen LogP contribution is 2.23. The largest absolute Gasteiger partial charge is 0.379 e. The van der Waals surface area contributed by atoms with Gasteiger partial charge in [0.15, 0.2) is 0 Å². The molecule has 1 unspecified atom stereocenters. The van der Waals surface area contributed by atoms with Crippen LogP contribution in [0.5, 0.6) is 0 Å². The van der Waals surface area contributed by atoms with Crippen LogP contribution in [0.25, 0.3) is 0 Å². The number of anilines is 3. The lowest BCUT2D eigenvalue weighted by Crippen LogP contribution is -2.36. The molecule has 0 radical (unpaired) electrons. The van der Waals surface area contributed by atoms with Gasteiger partial charge >= 0.3 is 0 Å². The Morgan fingerprint density at radius 2 is 2.00 bits per heavy atom. The molecule has 1 aliphatic heterocycles. The lowest BCUT2D eigenvalue weighted by molar-refractivity contribution is 0.185. The Hall–Kier alpha value is -1.67. The Balaban J connectivity index is 2.23. The molecular formula is C10H19N7O. The number of aromatic nitrogens is 3. The molecule has 4 N–H and O–H groups in total. The summed E-state index contributed by atoms with van der Waals surface area (Å²) in [6.07, 6.45) is 0.918. The highest BCUT2D eigenvalue weighted by molar-refractivity contribution is 5.43. The van der Waals surface area contributed by atoms with Crippen molar-refractivity contribution in [2.45, 2.75) is 18.9 Å². The summed E-state index contributed by atoms with van der Waals surface area (Å²) in [4.78, 5) is 14.5. The van der Waals surface area contributed by atoms with Gasteiger partial charge in [-0.3, -0.25) is 5.43 Å². The van der Waals surface area contributed by atoms with Crippen molar-refractivity contribution in [3.63, 3.8) is 0 Å². The third kappa shape index (κ3) is 2.77. The van der Waals surface area contributed by atoms with E-state index in [9.17, 15) is 0 Å². The third-order valence-electron chi connectivity index (χ3n) is 2.79. The van der Waals surface area contributed by atoms with Gasteiger partial charge < -0.3 is 15.0 Å². The van der Waals surface area contributed by atoms with Gasteiger partial charge in [-0.1, -0.05) is 0 Å². The van der Waals surface area contributed by atoms with Crippen LogP contribution in [-0.4, -0.2) is 47.8 Å². The maximum atomic E-state index is 5.38. The summed E-state index contributed by atoms with van der Waals surface area (Å²) in [6.45, 7) is 3.47. The first-order chi connectivity index (χ1) is 8.52.